The van der Waals surface area contributed by atoms with Gasteiger partial charge in [0.2, 0.25) is 5.88 Å². The predicted molar refractivity (Wildman–Crippen MR) is 104 cm³/mol. The van der Waals surface area contributed by atoms with Gasteiger partial charge in [-0.1, -0.05) is 32.1 Å². The summed E-state index contributed by atoms with van der Waals surface area (Å²) in [7, 11) is 0. The maximum atomic E-state index is 10.3. The van der Waals surface area contributed by atoms with E-state index in [0.717, 1.165) is 25.2 Å². The molecule has 0 aliphatic heterocycles. The third kappa shape index (κ3) is 2.98. The van der Waals surface area contributed by atoms with E-state index in [0.29, 0.717) is 17.2 Å². The topological polar surface area (TPSA) is 42.4 Å². The Morgan fingerprint density at radius 2 is 1.96 bits per heavy atom. The number of rotatable bonds is 3. The molecule has 3 saturated carbocycles. The molecule has 3 heteroatoms. The lowest BCUT2D eigenvalue weighted by molar-refractivity contribution is -0.0865. The van der Waals surface area contributed by atoms with Crippen molar-refractivity contribution in [1.82, 2.24) is 4.98 Å². The fourth-order valence-corrected chi connectivity index (χ4v) is 6.02. The Balaban J connectivity index is 1.55. The highest BCUT2D eigenvalue weighted by atomic mass is 16.5. The van der Waals surface area contributed by atoms with Gasteiger partial charge in [-0.2, -0.15) is 0 Å². The lowest BCUT2D eigenvalue weighted by atomic mass is 9.55. The molecule has 1 aromatic rings. The van der Waals surface area contributed by atoms with Crippen LogP contribution < -0.4 is 4.74 Å². The van der Waals surface area contributed by atoms with Crippen molar-refractivity contribution < 1.29 is 9.84 Å². The zero-order valence-electron chi connectivity index (χ0n) is 16.3. The second kappa shape index (κ2) is 6.67. The summed E-state index contributed by atoms with van der Waals surface area (Å²) in [5, 5.41) is 10.3. The van der Waals surface area contributed by atoms with E-state index in [1.807, 2.05) is 18.2 Å². The van der Waals surface area contributed by atoms with Crippen molar-refractivity contribution in [3.05, 3.63) is 36.5 Å². The van der Waals surface area contributed by atoms with Crippen molar-refractivity contribution in [1.29, 1.82) is 0 Å². The van der Waals surface area contributed by atoms with Crippen LogP contribution in [0.1, 0.15) is 65.2 Å². The molecule has 1 N–H and O–H groups in total. The summed E-state index contributed by atoms with van der Waals surface area (Å²) in [6.45, 7) is 9.23. The maximum Gasteiger partial charge on any atom is 0.213 e. The number of hydrogen-bond donors (Lipinski definition) is 1. The molecule has 1 aromatic heterocycles. The van der Waals surface area contributed by atoms with Crippen LogP contribution in [0.3, 0.4) is 0 Å². The Bertz CT molecular complexity index is 659. The van der Waals surface area contributed by atoms with Gasteiger partial charge in [-0.25, -0.2) is 4.98 Å². The SMILES string of the molecule is C=C1CCC2CC(C3(C)CCC(O)CC3Oc3ccccn3)CCC12C. The van der Waals surface area contributed by atoms with Gasteiger partial charge >= 0.3 is 0 Å². The van der Waals surface area contributed by atoms with Gasteiger partial charge < -0.3 is 9.84 Å². The highest BCUT2D eigenvalue weighted by Gasteiger charge is 2.53. The Labute approximate surface area is 157 Å². The van der Waals surface area contributed by atoms with Crippen LogP contribution in [0.4, 0.5) is 0 Å². The van der Waals surface area contributed by atoms with E-state index in [2.05, 4.69) is 25.4 Å². The number of pyridine rings is 1. The summed E-state index contributed by atoms with van der Waals surface area (Å²) >= 11 is 0. The Morgan fingerprint density at radius 1 is 1.12 bits per heavy atom. The van der Waals surface area contributed by atoms with Crippen molar-refractivity contribution in [2.24, 2.45) is 22.7 Å². The minimum Gasteiger partial charge on any atom is -0.474 e. The normalized spacial score (nSPS) is 43.1. The summed E-state index contributed by atoms with van der Waals surface area (Å²) in [5.41, 5.74) is 1.95. The van der Waals surface area contributed by atoms with Gasteiger partial charge in [0.25, 0.3) is 0 Å². The molecule has 0 bridgehead atoms. The average Bonchev–Trinajstić information content (AvgIpc) is 2.94. The maximum absolute atomic E-state index is 10.3. The van der Waals surface area contributed by atoms with Crippen molar-refractivity contribution in [3.8, 4) is 5.88 Å². The van der Waals surface area contributed by atoms with E-state index in [-0.39, 0.29) is 17.6 Å². The van der Waals surface area contributed by atoms with Crippen LogP contribution in [-0.2, 0) is 0 Å². The first-order valence-electron chi connectivity index (χ1n) is 10.4. The number of aliphatic hydroxyl groups is 1. The van der Waals surface area contributed by atoms with Gasteiger partial charge in [0.05, 0.1) is 6.10 Å². The molecule has 0 saturated heterocycles. The first-order valence-corrected chi connectivity index (χ1v) is 10.4. The summed E-state index contributed by atoms with van der Waals surface area (Å²) in [5.74, 6) is 2.12. The highest BCUT2D eigenvalue weighted by molar-refractivity contribution is 5.19. The number of ether oxygens (including phenoxy) is 1. The van der Waals surface area contributed by atoms with Crippen molar-refractivity contribution >= 4 is 0 Å². The number of nitrogens with zero attached hydrogens (tertiary/aromatic N) is 1. The third-order valence-electron chi connectivity index (χ3n) is 8.16. The van der Waals surface area contributed by atoms with Crippen molar-refractivity contribution in [3.63, 3.8) is 0 Å². The first-order chi connectivity index (χ1) is 12.4. The van der Waals surface area contributed by atoms with Crippen molar-refractivity contribution in [2.45, 2.75) is 77.4 Å². The molecule has 4 rings (SSSR count). The molecule has 0 radical (unpaired) electrons. The lowest BCUT2D eigenvalue weighted by Crippen LogP contribution is -2.50. The first kappa shape index (κ1) is 18.0. The van der Waals surface area contributed by atoms with Gasteiger partial charge in [0, 0.05) is 24.1 Å². The number of aromatic nitrogens is 1. The molecule has 6 unspecified atom stereocenters. The Morgan fingerprint density at radius 3 is 2.73 bits per heavy atom. The molecule has 26 heavy (non-hydrogen) atoms. The van der Waals surface area contributed by atoms with Crippen LogP contribution in [-0.4, -0.2) is 22.3 Å². The predicted octanol–water partition coefficient (Wildman–Crippen LogP) is 5.15. The largest absolute Gasteiger partial charge is 0.474 e. The van der Waals surface area contributed by atoms with E-state index >= 15 is 0 Å². The van der Waals surface area contributed by atoms with Crippen LogP contribution in [0.25, 0.3) is 0 Å². The van der Waals surface area contributed by atoms with Gasteiger partial charge in [-0.15, -0.1) is 0 Å². The number of fused-ring (bicyclic) bond motifs is 1. The average molecular weight is 356 g/mol. The molecule has 3 fully saturated rings. The van der Waals surface area contributed by atoms with Gasteiger partial charge in [-0.3, -0.25) is 0 Å². The van der Waals surface area contributed by atoms with Crippen molar-refractivity contribution in [2.75, 3.05) is 0 Å². The van der Waals surface area contributed by atoms with Crippen LogP contribution in [0.2, 0.25) is 0 Å². The van der Waals surface area contributed by atoms with E-state index in [4.69, 9.17) is 4.74 Å². The molecule has 6 atom stereocenters. The van der Waals surface area contributed by atoms with Crippen LogP contribution in [0.5, 0.6) is 5.88 Å². The minimum atomic E-state index is -0.253. The fraction of sp³-hybridized carbons (Fsp3) is 0.696. The van der Waals surface area contributed by atoms with E-state index in [1.165, 1.54) is 37.7 Å². The molecular formula is C23H33NO2. The third-order valence-corrected chi connectivity index (χ3v) is 8.16. The summed E-state index contributed by atoms with van der Waals surface area (Å²) in [6, 6.07) is 5.81. The van der Waals surface area contributed by atoms with Crippen LogP contribution in [0, 0.1) is 22.7 Å². The number of allylic oxidation sites excluding steroid dienone is 1. The molecule has 0 aromatic carbocycles. The molecule has 0 spiro atoms. The Kier molecular flexibility index (Phi) is 4.63. The fourth-order valence-electron chi connectivity index (χ4n) is 6.02. The number of aliphatic hydroxyl groups excluding tert-OH is 1. The summed E-state index contributed by atoms with van der Waals surface area (Å²) < 4.78 is 6.36. The molecular weight excluding hydrogens is 322 g/mol. The van der Waals surface area contributed by atoms with E-state index in [1.54, 1.807) is 6.20 Å². The van der Waals surface area contributed by atoms with Crippen LogP contribution in [0.15, 0.2) is 36.5 Å². The monoisotopic (exact) mass is 355 g/mol. The highest BCUT2D eigenvalue weighted by Crippen LogP contribution is 2.60. The summed E-state index contributed by atoms with van der Waals surface area (Å²) in [6.07, 6.45) is 10.5. The summed E-state index contributed by atoms with van der Waals surface area (Å²) in [4.78, 5) is 4.37. The quantitative estimate of drug-likeness (QED) is 0.762. The standard InChI is InChI=1S/C23H33NO2/c1-16-7-8-17-14-18(9-11-22(16,17)2)23(3)12-10-19(25)15-20(23)26-21-6-4-5-13-24-21/h4-6,13,17-20,25H,1,7-12,14-15H2,2-3H3. The molecule has 3 aliphatic carbocycles. The van der Waals surface area contributed by atoms with E-state index in [9.17, 15) is 5.11 Å². The molecule has 1 heterocycles. The zero-order chi connectivity index (χ0) is 18.4. The molecule has 0 amide bonds. The zero-order valence-corrected chi connectivity index (χ0v) is 16.3. The molecule has 142 valence electrons. The minimum absolute atomic E-state index is 0.0418. The molecule has 3 aliphatic rings. The second-order valence-corrected chi connectivity index (χ2v) is 9.44. The molecule has 3 nitrogen and oxygen atoms in total. The van der Waals surface area contributed by atoms with Crippen LogP contribution >= 0.6 is 0 Å². The number of hydrogen-bond acceptors (Lipinski definition) is 3. The van der Waals surface area contributed by atoms with Gasteiger partial charge in [-0.05, 0) is 68.3 Å². The Hall–Kier alpha value is -1.35. The lowest BCUT2D eigenvalue weighted by Gasteiger charge is -2.52. The van der Waals surface area contributed by atoms with E-state index < -0.39 is 0 Å². The van der Waals surface area contributed by atoms with Gasteiger partial charge in [0.1, 0.15) is 6.10 Å². The smallest absolute Gasteiger partial charge is 0.213 e. The second-order valence-electron chi connectivity index (χ2n) is 9.44. The van der Waals surface area contributed by atoms with Gasteiger partial charge in [0.15, 0.2) is 0 Å².